The predicted molar refractivity (Wildman–Crippen MR) is 114 cm³/mol. The lowest BCUT2D eigenvalue weighted by Crippen LogP contribution is -2.44. The fourth-order valence-corrected chi connectivity index (χ4v) is 4.54. The minimum absolute atomic E-state index is 0.0325. The van der Waals surface area contributed by atoms with Crippen LogP contribution in [0.2, 0.25) is 0 Å². The summed E-state index contributed by atoms with van der Waals surface area (Å²) in [5, 5.41) is 11.4. The minimum atomic E-state index is -0.496. The zero-order chi connectivity index (χ0) is 18.9. The Labute approximate surface area is 165 Å². The molecule has 0 radical (unpaired) electrons. The Morgan fingerprint density at radius 2 is 1.56 bits per heavy atom. The lowest BCUT2D eigenvalue weighted by molar-refractivity contribution is 0.00158. The maximum atomic E-state index is 11.4. The van der Waals surface area contributed by atoms with Gasteiger partial charge in [-0.1, -0.05) is 99.7 Å². The van der Waals surface area contributed by atoms with Crippen LogP contribution in [0.3, 0.4) is 0 Å². The van der Waals surface area contributed by atoms with Crippen LogP contribution in [0.15, 0.2) is 60.7 Å². The number of hydrogen-bond donors (Lipinski definition) is 1. The molecule has 27 heavy (non-hydrogen) atoms. The van der Waals surface area contributed by atoms with Crippen LogP contribution in [0.5, 0.6) is 0 Å². The third-order valence-electron chi connectivity index (χ3n) is 6.00. The van der Waals surface area contributed by atoms with Gasteiger partial charge in [-0.25, -0.2) is 0 Å². The second-order valence-electron chi connectivity index (χ2n) is 7.95. The summed E-state index contributed by atoms with van der Waals surface area (Å²) in [4.78, 5) is 2.61. The highest BCUT2D eigenvalue weighted by Gasteiger charge is 2.34. The number of benzene rings is 2. The highest BCUT2D eigenvalue weighted by atomic mass is 16.3. The fourth-order valence-electron chi connectivity index (χ4n) is 4.54. The Balaban J connectivity index is 1.84. The Bertz CT molecular complexity index is 642. The first kappa shape index (κ1) is 20.1. The van der Waals surface area contributed by atoms with Crippen LogP contribution in [0.1, 0.15) is 81.6 Å². The van der Waals surface area contributed by atoms with Crippen LogP contribution in [0, 0.1) is 0 Å². The fraction of sp³-hybridized carbons (Fsp3) is 0.520. The van der Waals surface area contributed by atoms with E-state index in [9.17, 15) is 5.11 Å². The van der Waals surface area contributed by atoms with Gasteiger partial charge in [-0.15, -0.1) is 0 Å². The molecule has 0 aliphatic carbocycles. The van der Waals surface area contributed by atoms with Crippen LogP contribution in [-0.2, 0) is 0 Å². The van der Waals surface area contributed by atoms with Gasteiger partial charge in [0.05, 0.1) is 12.1 Å². The summed E-state index contributed by atoms with van der Waals surface area (Å²) in [5.74, 6) is 0. The van der Waals surface area contributed by atoms with Crippen molar-refractivity contribution < 1.29 is 5.11 Å². The van der Waals surface area contributed by atoms with E-state index in [0.29, 0.717) is 6.04 Å². The summed E-state index contributed by atoms with van der Waals surface area (Å²) in [6.07, 6.45) is 9.83. The quantitative estimate of drug-likeness (QED) is 0.528. The van der Waals surface area contributed by atoms with E-state index in [1.165, 1.54) is 56.9 Å². The van der Waals surface area contributed by atoms with Gasteiger partial charge in [-0.05, 0) is 36.9 Å². The highest BCUT2D eigenvalue weighted by Crippen LogP contribution is 2.39. The van der Waals surface area contributed by atoms with E-state index in [1.54, 1.807) is 0 Å². The molecule has 2 heteroatoms. The van der Waals surface area contributed by atoms with Gasteiger partial charge in [0.25, 0.3) is 0 Å². The van der Waals surface area contributed by atoms with E-state index in [2.05, 4.69) is 54.3 Å². The van der Waals surface area contributed by atoms with E-state index in [1.807, 2.05) is 18.2 Å². The van der Waals surface area contributed by atoms with Gasteiger partial charge in [0.15, 0.2) is 0 Å². The van der Waals surface area contributed by atoms with Crippen molar-refractivity contribution in [1.82, 2.24) is 4.90 Å². The van der Waals surface area contributed by atoms with Gasteiger partial charge in [0, 0.05) is 6.04 Å². The molecule has 3 rings (SSSR count). The molecular formula is C25H35NO. The topological polar surface area (TPSA) is 23.5 Å². The number of piperidine rings is 1. The average molecular weight is 366 g/mol. The normalized spacial score (nSPS) is 20.3. The average Bonchev–Trinajstić information content (AvgIpc) is 2.74. The SMILES string of the molecule is CCCCCC[C@@H]1CCCCN1[C@@H](c1ccccc1)[C@H](O)c1ccccc1. The molecule has 2 nitrogen and oxygen atoms in total. The molecule has 1 N–H and O–H groups in total. The second-order valence-corrected chi connectivity index (χ2v) is 7.95. The summed E-state index contributed by atoms with van der Waals surface area (Å²) in [6, 6.07) is 21.4. The third kappa shape index (κ3) is 5.43. The molecule has 0 spiro atoms. The minimum Gasteiger partial charge on any atom is -0.386 e. The maximum Gasteiger partial charge on any atom is 0.0986 e. The van der Waals surface area contributed by atoms with Crippen LogP contribution in [-0.4, -0.2) is 22.6 Å². The van der Waals surface area contributed by atoms with Crippen molar-refractivity contribution in [2.45, 2.75) is 76.5 Å². The molecule has 3 atom stereocenters. The van der Waals surface area contributed by atoms with Crippen molar-refractivity contribution in [2.24, 2.45) is 0 Å². The van der Waals surface area contributed by atoms with Gasteiger partial charge in [-0.3, -0.25) is 4.90 Å². The van der Waals surface area contributed by atoms with Gasteiger partial charge < -0.3 is 5.11 Å². The number of nitrogens with zero attached hydrogens (tertiary/aromatic N) is 1. The molecule has 1 heterocycles. The molecule has 0 aromatic heterocycles. The molecule has 0 unspecified atom stereocenters. The van der Waals surface area contributed by atoms with E-state index in [-0.39, 0.29) is 6.04 Å². The maximum absolute atomic E-state index is 11.4. The summed E-state index contributed by atoms with van der Waals surface area (Å²) in [6.45, 7) is 3.36. The van der Waals surface area contributed by atoms with Crippen molar-refractivity contribution in [3.63, 3.8) is 0 Å². The van der Waals surface area contributed by atoms with Gasteiger partial charge in [0.2, 0.25) is 0 Å². The van der Waals surface area contributed by atoms with Crippen molar-refractivity contribution in [3.8, 4) is 0 Å². The molecule has 1 fully saturated rings. The van der Waals surface area contributed by atoms with E-state index in [0.717, 1.165) is 12.1 Å². The zero-order valence-corrected chi connectivity index (χ0v) is 16.8. The van der Waals surface area contributed by atoms with Crippen LogP contribution >= 0.6 is 0 Å². The number of unbranched alkanes of at least 4 members (excludes halogenated alkanes) is 3. The van der Waals surface area contributed by atoms with Crippen LogP contribution < -0.4 is 0 Å². The first-order valence-corrected chi connectivity index (χ1v) is 10.8. The van der Waals surface area contributed by atoms with Gasteiger partial charge in [-0.2, -0.15) is 0 Å². The summed E-state index contributed by atoms with van der Waals surface area (Å²) >= 11 is 0. The molecule has 2 aromatic carbocycles. The molecule has 146 valence electrons. The van der Waals surface area contributed by atoms with Crippen molar-refractivity contribution in [3.05, 3.63) is 71.8 Å². The Hall–Kier alpha value is -1.64. The molecule has 2 aromatic rings. The summed E-state index contributed by atoms with van der Waals surface area (Å²) in [7, 11) is 0. The number of aliphatic hydroxyl groups is 1. The number of rotatable bonds is 9. The van der Waals surface area contributed by atoms with E-state index < -0.39 is 6.10 Å². The lowest BCUT2D eigenvalue weighted by Gasteiger charge is -2.43. The highest BCUT2D eigenvalue weighted by molar-refractivity contribution is 5.26. The molecule has 0 amide bonds. The monoisotopic (exact) mass is 365 g/mol. The standard InChI is InChI=1S/C25H35NO/c1-2-3-4-11-18-23-19-12-13-20-26(23)24(21-14-7-5-8-15-21)25(27)22-16-9-6-10-17-22/h5-10,14-17,23-25,27H,2-4,11-13,18-20H2,1H3/t23-,24+,25-/m1/s1. The van der Waals surface area contributed by atoms with Crippen molar-refractivity contribution >= 4 is 0 Å². The number of likely N-dealkylation sites (tertiary alicyclic amines) is 1. The van der Waals surface area contributed by atoms with E-state index in [4.69, 9.17) is 0 Å². The van der Waals surface area contributed by atoms with Crippen molar-refractivity contribution in [2.75, 3.05) is 6.54 Å². The molecule has 1 aliphatic rings. The number of aliphatic hydroxyl groups excluding tert-OH is 1. The Morgan fingerprint density at radius 3 is 2.22 bits per heavy atom. The van der Waals surface area contributed by atoms with Crippen molar-refractivity contribution in [1.29, 1.82) is 0 Å². The van der Waals surface area contributed by atoms with Crippen LogP contribution in [0.25, 0.3) is 0 Å². The summed E-state index contributed by atoms with van der Waals surface area (Å²) in [5.41, 5.74) is 2.25. The van der Waals surface area contributed by atoms with E-state index >= 15 is 0 Å². The lowest BCUT2D eigenvalue weighted by atomic mass is 9.88. The smallest absolute Gasteiger partial charge is 0.0986 e. The Kier molecular flexibility index (Phi) is 7.92. The largest absolute Gasteiger partial charge is 0.386 e. The molecule has 1 saturated heterocycles. The predicted octanol–water partition coefficient (Wildman–Crippen LogP) is 6.29. The second kappa shape index (κ2) is 10.6. The van der Waals surface area contributed by atoms with Crippen LogP contribution in [0.4, 0.5) is 0 Å². The van der Waals surface area contributed by atoms with Gasteiger partial charge in [0.1, 0.15) is 0 Å². The third-order valence-corrected chi connectivity index (χ3v) is 6.00. The van der Waals surface area contributed by atoms with Gasteiger partial charge >= 0.3 is 0 Å². The molecule has 1 aliphatic heterocycles. The molecular weight excluding hydrogens is 330 g/mol. The molecule has 0 bridgehead atoms. The Morgan fingerprint density at radius 1 is 0.889 bits per heavy atom. The summed E-state index contributed by atoms with van der Waals surface area (Å²) < 4.78 is 0. The first-order valence-electron chi connectivity index (χ1n) is 10.8. The zero-order valence-electron chi connectivity index (χ0n) is 16.8. The first-order chi connectivity index (χ1) is 13.3. The molecule has 0 saturated carbocycles. The number of hydrogen-bond acceptors (Lipinski definition) is 2.